The molecule has 3 rings (SSSR count). The summed E-state index contributed by atoms with van der Waals surface area (Å²) in [7, 11) is -1.98. The van der Waals surface area contributed by atoms with Gasteiger partial charge in [-0.1, -0.05) is 6.92 Å². The molecule has 0 spiro atoms. The number of amides is 1. The fourth-order valence-electron chi connectivity index (χ4n) is 4.60. The molecule has 2 aliphatic rings. The van der Waals surface area contributed by atoms with Crippen LogP contribution in [0.2, 0.25) is 0 Å². The number of rotatable bonds is 9. The van der Waals surface area contributed by atoms with Gasteiger partial charge in [0.2, 0.25) is 15.9 Å². The number of benzene rings is 1. The van der Waals surface area contributed by atoms with Crippen LogP contribution < -0.4 is 14.8 Å². The van der Waals surface area contributed by atoms with Crippen LogP contribution in [0.4, 0.5) is 0 Å². The Kier molecular flexibility index (Phi) is 8.13. The number of sulfonamides is 1. The van der Waals surface area contributed by atoms with E-state index in [2.05, 4.69) is 21.9 Å². The van der Waals surface area contributed by atoms with E-state index in [0.717, 1.165) is 51.7 Å². The lowest BCUT2D eigenvalue weighted by Crippen LogP contribution is -2.43. The van der Waals surface area contributed by atoms with E-state index >= 15 is 0 Å². The van der Waals surface area contributed by atoms with Crippen LogP contribution in [-0.4, -0.2) is 58.6 Å². The van der Waals surface area contributed by atoms with E-state index < -0.39 is 10.0 Å². The van der Waals surface area contributed by atoms with Crippen molar-refractivity contribution in [1.82, 2.24) is 14.9 Å². The average Bonchev–Trinajstić information content (AvgIpc) is 3.24. The van der Waals surface area contributed by atoms with Gasteiger partial charge in [-0.05, 0) is 81.8 Å². The van der Waals surface area contributed by atoms with Crippen LogP contribution >= 0.6 is 0 Å². The van der Waals surface area contributed by atoms with Crippen molar-refractivity contribution in [2.45, 2.75) is 56.4 Å². The number of carbonyl (C=O) groups is 1. The molecule has 7 nitrogen and oxygen atoms in total. The maximum atomic E-state index is 12.6. The minimum atomic E-state index is -3.53. The average molecular weight is 438 g/mol. The van der Waals surface area contributed by atoms with E-state index in [1.165, 1.54) is 6.42 Å². The molecule has 1 aromatic rings. The second-order valence-corrected chi connectivity index (χ2v) is 10.2. The van der Waals surface area contributed by atoms with Gasteiger partial charge in [0.15, 0.2) is 0 Å². The van der Waals surface area contributed by atoms with Crippen molar-refractivity contribution in [3.05, 3.63) is 24.3 Å². The van der Waals surface area contributed by atoms with Crippen LogP contribution in [0.1, 0.15) is 45.4 Å². The molecule has 1 aliphatic heterocycles. The van der Waals surface area contributed by atoms with Crippen molar-refractivity contribution in [3.8, 4) is 5.75 Å². The van der Waals surface area contributed by atoms with Gasteiger partial charge >= 0.3 is 0 Å². The monoisotopic (exact) mass is 437 g/mol. The van der Waals surface area contributed by atoms with Gasteiger partial charge in [0.1, 0.15) is 5.75 Å². The summed E-state index contributed by atoms with van der Waals surface area (Å²) in [6, 6.07) is 6.86. The van der Waals surface area contributed by atoms with Gasteiger partial charge in [-0.3, -0.25) is 9.69 Å². The fourth-order valence-corrected chi connectivity index (χ4v) is 5.72. The van der Waals surface area contributed by atoms with Gasteiger partial charge in [0.05, 0.1) is 12.0 Å². The molecule has 1 unspecified atom stereocenters. The first kappa shape index (κ1) is 23.0. The molecule has 1 saturated heterocycles. The third kappa shape index (κ3) is 5.95. The maximum Gasteiger partial charge on any atom is 0.240 e. The number of nitrogens with one attached hydrogen (secondary N) is 2. The number of methoxy groups -OCH3 is 1. The zero-order valence-corrected chi connectivity index (χ0v) is 18.9. The molecule has 1 heterocycles. The summed E-state index contributed by atoms with van der Waals surface area (Å²) >= 11 is 0. The van der Waals surface area contributed by atoms with E-state index in [9.17, 15) is 13.2 Å². The molecule has 1 aromatic carbocycles. The predicted octanol–water partition coefficient (Wildman–Crippen LogP) is 2.38. The second-order valence-electron chi connectivity index (χ2n) is 8.41. The van der Waals surface area contributed by atoms with Crippen molar-refractivity contribution >= 4 is 15.9 Å². The van der Waals surface area contributed by atoms with Gasteiger partial charge in [0, 0.05) is 25.0 Å². The van der Waals surface area contributed by atoms with E-state index in [1.807, 2.05) is 0 Å². The first-order chi connectivity index (χ1) is 14.4. The Morgan fingerprint density at radius 3 is 2.43 bits per heavy atom. The van der Waals surface area contributed by atoms with Gasteiger partial charge in [0.25, 0.3) is 0 Å². The molecule has 2 N–H and O–H groups in total. The number of nitrogens with zero attached hydrogens (tertiary/aromatic N) is 1. The molecular weight excluding hydrogens is 402 g/mol. The standard InChI is InChI=1S/C22H35N3O4S/c1-3-25-14-4-5-19(25)16-23-22(26)18-8-6-17(7-9-18)15-24-30(27,28)21-12-10-20(29-2)11-13-21/h10-13,17-19,24H,3-9,14-16H2,1-2H3,(H,23,26). The van der Waals surface area contributed by atoms with Gasteiger partial charge < -0.3 is 10.1 Å². The third-order valence-corrected chi connectivity index (χ3v) is 8.01. The maximum absolute atomic E-state index is 12.6. The molecule has 0 bridgehead atoms. The highest BCUT2D eigenvalue weighted by atomic mass is 32.2. The number of hydrogen-bond acceptors (Lipinski definition) is 5. The first-order valence-electron chi connectivity index (χ1n) is 11.1. The molecule has 1 saturated carbocycles. The number of ether oxygens (including phenoxy) is 1. The molecule has 30 heavy (non-hydrogen) atoms. The Balaban J connectivity index is 1.40. The van der Waals surface area contributed by atoms with E-state index in [-0.39, 0.29) is 22.6 Å². The zero-order valence-electron chi connectivity index (χ0n) is 18.1. The molecule has 8 heteroatoms. The lowest BCUT2D eigenvalue weighted by molar-refractivity contribution is -0.126. The zero-order chi connectivity index (χ0) is 21.6. The Bertz CT molecular complexity index is 789. The summed E-state index contributed by atoms with van der Waals surface area (Å²) in [6.45, 7) is 5.50. The van der Waals surface area contributed by atoms with Crippen LogP contribution in [0.3, 0.4) is 0 Å². The van der Waals surface area contributed by atoms with Crippen LogP contribution in [0, 0.1) is 11.8 Å². The van der Waals surface area contributed by atoms with E-state index in [1.54, 1.807) is 31.4 Å². The van der Waals surface area contributed by atoms with Crippen LogP contribution in [0.5, 0.6) is 5.75 Å². The summed E-state index contributed by atoms with van der Waals surface area (Å²) < 4.78 is 32.8. The summed E-state index contributed by atoms with van der Waals surface area (Å²) in [4.78, 5) is 15.2. The summed E-state index contributed by atoms with van der Waals surface area (Å²) in [5, 5.41) is 3.16. The smallest absolute Gasteiger partial charge is 0.240 e. The van der Waals surface area contributed by atoms with Crippen molar-refractivity contribution in [3.63, 3.8) is 0 Å². The Hall–Kier alpha value is -1.64. The first-order valence-corrected chi connectivity index (χ1v) is 12.6. The quantitative estimate of drug-likeness (QED) is 0.619. The minimum Gasteiger partial charge on any atom is -0.497 e. The van der Waals surface area contributed by atoms with Crippen LogP contribution in [0.15, 0.2) is 29.2 Å². The SMILES string of the molecule is CCN1CCCC1CNC(=O)C1CCC(CNS(=O)(=O)c2ccc(OC)cc2)CC1. The lowest BCUT2D eigenvalue weighted by atomic mass is 9.81. The van der Waals surface area contributed by atoms with Gasteiger partial charge in [-0.25, -0.2) is 13.1 Å². The van der Waals surface area contributed by atoms with Crippen molar-refractivity contribution < 1.29 is 17.9 Å². The Labute approximate surface area is 180 Å². The molecule has 168 valence electrons. The highest BCUT2D eigenvalue weighted by Gasteiger charge is 2.29. The molecule has 1 aliphatic carbocycles. The Morgan fingerprint density at radius 2 is 1.80 bits per heavy atom. The van der Waals surface area contributed by atoms with Crippen molar-refractivity contribution in [2.75, 3.05) is 33.3 Å². The van der Waals surface area contributed by atoms with Crippen molar-refractivity contribution in [1.29, 1.82) is 0 Å². The number of hydrogen-bond donors (Lipinski definition) is 2. The molecule has 1 amide bonds. The molecular formula is C22H35N3O4S. The highest BCUT2D eigenvalue weighted by Crippen LogP contribution is 2.29. The minimum absolute atomic E-state index is 0.0518. The molecule has 1 atom stereocenters. The largest absolute Gasteiger partial charge is 0.497 e. The predicted molar refractivity (Wildman–Crippen MR) is 117 cm³/mol. The number of carbonyl (C=O) groups excluding carboxylic acids is 1. The summed E-state index contributed by atoms with van der Waals surface area (Å²) in [6.07, 6.45) is 5.76. The Morgan fingerprint density at radius 1 is 1.10 bits per heavy atom. The normalized spacial score (nSPS) is 25.2. The van der Waals surface area contributed by atoms with Gasteiger partial charge in [-0.15, -0.1) is 0 Å². The third-order valence-electron chi connectivity index (χ3n) is 6.57. The van der Waals surface area contributed by atoms with Crippen LogP contribution in [-0.2, 0) is 14.8 Å². The highest BCUT2D eigenvalue weighted by molar-refractivity contribution is 7.89. The van der Waals surface area contributed by atoms with Crippen LogP contribution in [0.25, 0.3) is 0 Å². The number of likely N-dealkylation sites (N-methyl/N-ethyl adjacent to an activating group) is 1. The summed E-state index contributed by atoms with van der Waals surface area (Å²) in [5.74, 6) is 1.11. The lowest BCUT2D eigenvalue weighted by Gasteiger charge is -2.29. The molecule has 0 aromatic heterocycles. The molecule has 2 fully saturated rings. The van der Waals surface area contributed by atoms with Crippen molar-refractivity contribution in [2.24, 2.45) is 11.8 Å². The topological polar surface area (TPSA) is 87.7 Å². The van der Waals surface area contributed by atoms with Gasteiger partial charge in [-0.2, -0.15) is 0 Å². The fraction of sp³-hybridized carbons (Fsp3) is 0.682. The second kappa shape index (κ2) is 10.6. The van der Waals surface area contributed by atoms with E-state index in [4.69, 9.17) is 4.74 Å². The molecule has 0 radical (unpaired) electrons. The summed E-state index contributed by atoms with van der Waals surface area (Å²) in [5.41, 5.74) is 0. The van der Waals surface area contributed by atoms with E-state index in [0.29, 0.717) is 18.3 Å². The number of likely N-dealkylation sites (tertiary alicyclic amines) is 1.